The van der Waals surface area contributed by atoms with Crippen LogP contribution in [0.2, 0.25) is 0 Å². The summed E-state index contributed by atoms with van der Waals surface area (Å²) in [6, 6.07) is 17.6. The van der Waals surface area contributed by atoms with Crippen molar-refractivity contribution in [3.05, 3.63) is 60.2 Å². The van der Waals surface area contributed by atoms with E-state index in [1.165, 1.54) is 5.69 Å². The molecule has 24 heavy (non-hydrogen) atoms. The Kier molecular flexibility index (Phi) is 4.96. The van der Waals surface area contributed by atoms with Crippen LogP contribution >= 0.6 is 12.2 Å². The van der Waals surface area contributed by atoms with Crippen molar-refractivity contribution in [3.63, 3.8) is 0 Å². The van der Waals surface area contributed by atoms with Crippen LogP contribution < -0.4 is 16.0 Å². The number of amides is 1. The minimum absolute atomic E-state index is 0.00191. The molecule has 2 aromatic carbocycles. The summed E-state index contributed by atoms with van der Waals surface area (Å²) < 4.78 is 0. The maximum absolute atomic E-state index is 12.8. The number of rotatable bonds is 3. The summed E-state index contributed by atoms with van der Waals surface area (Å²) in [4.78, 5) is 17.0. The smallest absolute Gasteiger partial charge is 0.256 e. The average molecular weight is 340 g/mol. The molecule has 1 amide bonds. The normalized spacial score (nSPS) is 14.3. The summed E-state index contributed by atoms with van der Waals surface area (Å²) in [5, 5.41) is 3.04. The Morgan fingerprint density at radius 3 is 2.25 bits per heavy atom. The largest absolute Gasteiger partial charge is 0.376 e. The predicted molar refractivity (Wildman–Crippen MR) is 101 cm³/mol. The van der Waals surface area contributed by atoms with Crippen LogP contribution in [0.5, 0.6) is 0 Å². The fourth-order valence-corrected chi connectivity index (χ4v) is 3.00. The number of piperazine rings is 1. The summed E-state index contributed by atoms with van der Waals surface area (Å²) in [5.74, 6) is 0.00191. The number of carbonyl (C=O) groups is 1. The highest BCUT2D eigenvalue weighted by Crippen LogP contribution is 2.20. The van der Waals surface area contributed by atoms with Crippen LogP contribution in [0.15, 0.2) is 54.6 Å². The molecule has 3 N–H and O–H groups in total. The number of hydrogen-bond acceptors (Lipinski definition) is 3. The van der Waals surface area contributed by atoms with Crippen LogP contribution in [-0.4, -0.2) is 42.1 Å². The number of nitrogens with one attached hydrogen (secondary N) is 1. The maximum atomic E-state index is 12.8. The molecule has 1 fully saturated rings. The second-order valence-electron chi connectivity index (χ2n) is 5.65. The average Bonchev–Trinajstić information content (AvgIpc) is 2.62. The number of anilines is 2. The molecule has 1 heterocycles. The Hall–Kier alpha value is -2.60. The molecule has 0 radical (unpaired) electrons. The van der Waals surface area contributed by atoms with Crippen LogP contribution in [0.4, 0.5) is 11.4 Å². The lowest BCUT2D eigenvalue weighted by Gasteiger charge is -2.36. The van der Waals surface area contributed by atoms with E-state index in [9.17, 15) is 4.79 Å². The predicted octanol–water partition coefficient (Wildman–Crippen LogP) is 2.30. The summed E-state index contributed by atoms with van der Waals surface area (Å²) in [7, 11) is 0. The summed E-state index contributed by atoms with van der Waals surface area (Å²) >= 11 is 4.88. The number of nitrogens with zero attached hydrogens (tertiary/aromatic N) is 2. The maximum Gasteiger partial charge on any atom is 0.256 e. The van der Waals surface area contributed by atoms with Crippen molar-refractivity contribution in [2.75, 3.05) is 36.4 Å². The number of nitrogens with two attached hydrogens (primary N) is 1. The molecular formula is C18H20N4OS. The fourth-order valence-electron chi connectivity index (χ4n) is 2.89. The molecule has 1 aliphatic heterocycles. The van der Waals surface area contributed by atoms with Gasteiger partial charge < -0.3 is 20.9 Å². The number of benzene rings is 2. The van der Waals surface area contributed by atoms with Crippen molar-refractivity contribution in [1.82, 2.24) is 4.90 Å². The van der Waals surface area contributed by atoms with E-state index in [0.29, 0.717) is 24.3 Å². The summed E-state index contributed by atoms with van der Waals surface area (Å²) in [6.45, 7) is 3.02. The van der Waals surface area contributed by atoms with Crippen molar-refractivity contribution in [2.45, 2.75) is 0 Å². The third-order valence-corrected chi connectivity index (χ3v) is 4.21. The van der Waals surface area contributed by atoms with Gasteiger partial charge in [0.1, 0.15) is 0 Å². The summed E-state index contributed by atoms with van der Waals surface area (Å²) in [6.07, 6.45) is 0. The first-order valence-electron chi connectivity index (χ1n) is 7.90. The first-order valence-corrected chi connectivity index (χ1v) is 8.31. The lowest BCUT2D eigenvalue weighted by Crippen LogP contribution is -2.49. The fraction of sp³-hybridized carbons (Fsp3) is 0.222. The van der Waals surface area contributed by atoms with Gasteiger partial charge in [0.05, 0.1) is 11.3 Å². The third-order valence-electron chi connectivity index (χ3n) is 4.10. The quantitative estimate of drug-likeness (QED) is 0.840. The van der Waals surface area contributed by atoms with Gasteiger partial charge >= 0.3 is 0 Å². The van der Waals surface area contributed by atoms with E-state index in [2.05, 4.69) is 22.3 Å². The van der Waals surface area contributed by atoms with Crippen LogP contribution in [0.1, 0.15) is 10.4 Å². The monoisotopic (exact) mass is 340 g/mol. The molecule has 6 heteroatoms. The molecular weight excluding hydrogens is 320 g/mol. The van der Waals surface area contributed by atoms with Gasteiger partial charge in [-0.3, -0.25) is 4.79 Å². The van der Waals surface area contributed by atoms with Gasteiger partial charge in [-0.25, -0.2) is 0 Å². The Labute approximate surface area is 147 Å². The van der Waals surface area contributed by atoms with Crippen LogP contribution in [-0.2, 0) is 0 Å². The zero-order valence-electron chi connectivity index (χ0n) is 13.3. The van der Waals surface area contributed by atoms with E-state index < -0.39 is 0 Å². The molecule has 1 aliphatic rings. The third kappa shape index (κ3) is 3.65. The van der Waals surface area contributed by atoms with Crippen LogP contribution in [0.25, 0.3) is 0 Å². The molecule has 5 nitrogen and oxygen atoms in total. The topological polar surface area (TPSA) is 61.6 Å². The molecule has 0 bridgehead atoms. The highest BCUT2D eigenvalue weighted by atomic mass is 32.1. The Balaban J connectivity index is 1.69. The highest BCUT2D eigenvalue weighted by molar-refractivity contribution is 7.80. The number of carbonyl (C=O) groups excluding carboxylic acids is 1. The van der Waals surface area contributed by atoms with Crippen molar-refractivity contribution in [1.29, 1.82) is 0 Å². The van der Waals surface area contributed by atoms with Gasteiger partial charge in [-0.05, 0) is 36.5 Å². The Morgan fingerprint density at radius 1 is 0.958 bits per heavy atom. The second-order valence-corrected chi connectivity index (χ2v) is 6.09. The number of hydrogen-bond donors (Lipinski definition) is 2. The van der Waals surface area contributed by atoms with E-state index in [4.69, 9.17) is 18.0 Å². The van der Waals surface area contributed by atoms with Gasteiger partial charge in [0.25, 0.3) is 5.91 Å². The van der Waals surface area contributed by atoms with Gasteiger partial charge in [0, 0.05) is 31.9 Å². The minimum Gasteiger partial charge on any atom is -0.376 e. The van der Waals surface area contributed by atoms with E-state index >= 15 is 0 Å². The first kappa shape index (κ1) is 16.3. The van der Waals surface area contributed by atoms with Crippen LogP contribution in [0.3, 0.4) is 0 Å². The second kappa shape index (κ2) is 7.31. The molecule has 0 aliphatic carbocycles. The molecule has 0 unspecified atom stereocenters. The SMILES string of the molecule is NC(=S)Nc1ccccc1C(=O)N1CCN(c2ccccc2)CC1. The molecule has 0 aromatic heterocycles. The Morgan fingerprint density at radius 2 is 1.58 bits per heavy atom. The van der Waals surface area contributed by atoms with Crippen molar-refractivity contribution in [3.8, 4) is 0 Å². The molecule has 0 saturated carbocycles. The van der Waals surface area contributed by atoms with Crippen molar-refractivity contribution in [2.24, 2.45) is 5.73 Å². The molecule has 124 valence electrons. The lowest BCUT2D eigenvalue weighted by atomic mass is 10.1. The van der Waals surface area contributed by atoms with Crippen molar-refractivity contribution < 1.29 is 4.79 Å². The molecule has 1 saturated heterocycles. The van der Waals surface area contributed by atoms with Crippen molar-refractivity contribution >= 4 is 34.6 Å². The van der Waals surface area contributed by atoms with Crippen LogP contribution in [0, 0.1) is 0 Å². The zero-order valence-corrected chi connectivity index (χ0v) is 14.1. The summed E-state index contributed by atoms with van der Waals surface area (Å²) in [5.41, 5.74) is 7.99. The molecule has 3 rings (SSSR count). The Bertz CT molecular complexity index is 727. The van der Waals surface area contributed by atoms with E-state index in [1.54, 1.807) is 6.07 Å². The molecule has 0 atom stereocenters. The number of para-hydroxylation sites is 2. The number of thiocarbonyl (C=S) groups is 1. The van der Waals surface area contributed by atoms with E-state index in [0.717, 1.165) is 13.1 Å². The molecule has 2 aromatic rings. The highest BCUT2D eigenvalue weighted by Gasteiger charge is 2.23. The van der Waals surface area contributed by atoms with Gasteiger partial charge in [0.15, 0.2) is 5.11 Å². The zero-order chi connectivity index (χ0) is 16.9. The van der Waals surface area contributed by atoms with E-state index in [1.807, 2.05) is 41.3 Å². The minimum atomic E-state index is 0.00191. The molecule has 0 spiro atoms. The van der Waals surface area contributed by atoms with Gasteiger partial charge in [-0.1, -0.05) is 30.3 Å². The van der Waals surface area contributed by atoms with Gasteiger partial charge in [0.2, 0.25) is 0 Å². The first-order chi connectivity index (χ1) is 11.6. The lowest BCUT2D eigenvalue weighted by molar-refractivity contribution is 0.0748. The standard InChI is InChI=1S/C18H20N4OS/c19-18(24)20-16-9-5-4-8-15(16)17(23)22-12-10-21(11-13-22)14-6-2-1-3-7-14/h1-9H,10-13H2,(H3,19,20,24). The van der Waals surface area contributed by atoms with E-state index in [-0.39, 0.29) is 11.0 Å². The van der Waals surface area contributed by atoms with Gasteiger partial charge in [-0.15, -0.1) is 0 Å². The van der Waals surface area contributed by atoms with Gasteiger partial charge in [-0.2, -0.15) is 0 Å².